The average Bonchev–Trinajstić information content (AvgIpc) is 1.84. The maximum Gasteiger partial charge on any atom is 0.255 e. The summed E-state index contributed by atoms with van der Waals surface area (Å²) in [5.74, 6) is -0.308. The molecule has 0 unspecified atom stereocenters. The van der Waals surface area contributed by atoms with Crippen LogP contribution in [0.4, 0.5) is 0 Å². The molecule has 12 heavy (non-hydrogen) atoms. The molecule has 4 nitrogen and oxygen atoms in total. The van der Waals surface area contributed by atoms with Crippen molar-refractivity contribution in [3.8, 4) is 0 Å². The van der Waals surface area contributed by atoms with Crippen molar-refractivity contribution in [2.24, 2.45) is 11.5 Å². The molecule has 0 aromatic carbocycles. The second-order valence-corrected chi connectivity index (χ2v) is 4.10. The number of nitrogens with two attached hydrogens (primary N) is 2. The maximum absolute atomic E-state index is 11.4. The molecule has 1 amide bonds. The lowest BCUT2D eigenvalue weighted by Gasteiger charge is -2.28. The summed E-state index contributed by atoms with van der Waals surface area (Å²) >= 11 is 0. The van der Waals surface area contributed by atoms with Crippen molar-refractivity contribution in [1.82, 2.24) is 5.32 Å². The molecule has 0 atom stereocenters. The Kier molecular flexibility index (Phi) is 3.24. The largest absolute Gasteiger partial charge is 0.349 e. The highest BCUT2D eigenvalue weighted by molar-refractivity contribution is 5.85. The molecule has 72 valence electrons. The Morgan fingerprint density at radius 1 is 1.33 bits per heavy atom. The van der Waals surface area contributed by atoms with Gasteiger partial charge in [0.1, 0.15) is 5.66 Å². The summed E-state index contributed by atoms with van der Waals surface area (Å²) in [4.78, 5) is 11.4. The van der Waals surface area contributed by atoms with E-state index in [0.717, 1.165) is 0 Å². The normalized spacial score (nSPS) is 12.8. The summed E-state index contributed by atoms with van der Waals surface area (Å²) in [6, 6.07) is 0. The number of hydrogen-bond donors (Lipinski definition) is 3. The second-order valence-electron chi connectivity index (χ2n) is 4.10. The number of nitrogens with one attached hydrogen (secondary N) is 1. The Morgan fingerprint density at radius 3 is 2.00 bits per heavy atom. The van der Waals surface area contributed by atoms with Gasteiger partial charge >= 0.3 is 0 Å². The lowest BCUT2D eigenvalue weighted by atomic mass is 10.0. The molecule has 0 radical (unpaired) electrons. The first-order valence-electron chi connectivity index (χ1n) is 4.09. The van der Waals surface area contributed by atoms with Crippen LogP contribution in [-0.4, -0.2) is 17.1 Å². The van der Waals surface area contributed by atoms with Gasteiger partial charge in [-0.1, -0.05) is 6.92 Å². The van der Waals surface area contributed by atoms with Gasteiger partial charge in [-0.25, -0.2) is 0 Å². The number of carbonyl (C=O) groups excluding carboxylic acids is 1. The monoisotopic (exact) mass is 173 g/mol. The Balaban J connectivity index is 4.23. The minimum atomic E-state index is -1.24. The van der Waals surface area contributed by atoms with E-state index in [4.69, 9.17) is 11.5 Å². The van der Waals surface area contributed by atoms with Gasteiger partial charge in [-0.2, -0.15) is 0 Å². The number of hydrogen-bond acceptors (Lipinski definition) is 3. The van der Waals surface area contributed by atoms with Crippen LogP contribution in [0, 0.1) is 0 Å². The Bertz CT molecular complexity index is 170. The summed E-state index contributed by atoms with van der Waals surface area (Å²) in [6.07, 6.45) is 0.426. The summed E-state index contributed by atoms with van der Waals surface area (Å²) in [5, 5.41) is 2.72. The van der Waals surface area contributed by atoms with E-state index in [1.807, 2.05) is 20.8 Å². The molecule has 0 saturated carbocycles. The van der Waals surface area contributed by atoms with E-state index in [1.54, 1.807) is 6.92 Å². The van der Waals surface area contributed by atoms with Crippen LogP contribution in [-0.2, 0) is 4.79 Å². The van der Waals surface area contributed by atoms with Gasteiger partial charge < -0.3 is 16.8 Å². The van der Waals surface area contributed by atoms with E-state index in [-0.39, 0.29) is 11.4 Å². The summed E-state index contributed by atoms with van der Waals surface area (Å²) in [7, 11) is 0. The van der Waals surface area contributed by atoms with E-state index in [0.29, 0.717) is 6.42 Å². The third-order valence-electron chi connectivity index (χ3n) is 1.50. The average molecular weight is 173 g/mol. The lowest BCUT2D eigenvalue weighted by molar-refractivity contribution is -0.127. The van der Waals surface area contributed by atoms with Crippen LogP contribution in [0.5, 0.6) is 0 Å². The first-order chi connectivity index (χ1) is 5.19. The first kappa shape index (κ1) is 11.4. The summed E-state index contributed by atoms with van der Waals surface area (Å²) in [5.41, 5.74) is 9.54. The first-order valence-corrected chi connectivity index (χ1v) is 4.09. The van der Waals surface area contributed by atoms with Crippen LogP contribution in [0.3, 0.4) is 0 Å². The second kappa shape index (κ2) is 3.41. The van der Waals surface area contributed by atoms with Crippen LogP contribution >= 0.6 is 0 Å². The van der Waals surface area contributed by atoms with Crippen molar-refractivity contribution >= 4 is 5.91 Å². The number of rotatable bonds is 2. The van der Waals surface area contributed by atoms with Crippen LogP contribution in [0.25, 0.3) is 0 Å². The quantitative estimate of drug-likeness (QED) is 0.511. The molecular weight excluding hydrogens is 154 g/mol. The fourth-order valence-electron chi connectivity index (χ4n) is 0.618. The highest BCUT2D eigenvalue weighted by Crippen LogP contribution is 2.03. The molecule has 0 aliphatic carbocycles. The topological polar surface area (TPSA) is 81.1 Å². The molecule has 5 N–H and O–H groups in total. The molecule has 0 saturated heterocycles. The van der Waals surface area contributed by atoms with Crippen LogP contribution < -0.4 is 16.8 Å². The van der Waals surface area contributed by atoms with Crippen molar-refractivity contribution in [2.75, 3.05) is 0 Å². The van der Waals surface area contributed by atoms with Gasteiger partial charge in [0.05, 0.1) is 0 Å². The molecule has 0 fully saturated rings. The molecule has 0 aliphatic heterocycles. The zero-order valence-electron chi connectivity index (χ0n) is 8.27. The molecule has 0 heterocycles. The van der Waals surface area contributed by atoms with Crippen molar-refractivity contribution in [2.45, 2.75) is 45.3 Å². The third kappa shape index (κ3) is 3.69. The zero-order valence-corrected chi connectivity index (χ0v) is 8.27. The van der Waals surface area contributed by atoms with Crippen LogP contribution in [0.15, 0.2) is 0 Å². The minimum absolute atomic E-state index is 0.282. The lowest BCUT2D eigenvalue weighted by Crippen LogP contribution is -2.63. The summed E-state index contributed by atoms with van der Waals surface area (Å²) in [6.45, 7) is 7.44. The van der Waals surface area contributed by atoms with Gasteiger partial charge in [0, 0.05) is 5.54 Å². The van der Waals surface area contributed by atoms with Crippen molar-refractivity contribution in [1.29, 1.82) is 0 Å². The molecule has 4 heteroatoms. The van der Waals surface area contributed by atoms with Gasteiger partial charge in [-0.3, -0.25) is 4.79 Å². The highest BCUT2D eigenvalue weighted by Gasteiger charge is 2.29. The Labute approximate surface area is 73.7 Å². The molecule has 0 aromatic rings. The zero-order chi connectivity index (χ0) is 9.99. The highest BCUT2D eigenvalue weighted by atomic mass is 16.2. The summed E-state index contributed by atoms with van der Waals surface area (Å²) < 4.78 is 0. The van der Waals surface area contributed by atoms with E-state index in [9.17, 15) is 4.79 Å². The number of amides is 1. The van der Waals surface area contributed by atoms with Crippen molar-refractivity contribution in [3.63, 3.8) is 0 Å². The molecule has 0 aromatic heterocycles. The van der Waals surface area contributed by atoms with Crippen LogP contribution in [0.1, 0.15) is 34.1 Å². The molecule has 0 aliphatic rings. The smallest absolute Gasteiger partial charge is 0.255 e. The SMILES string of the molecule is CCC(N)(N)C(=O)NC(C)(C)C. The Morgan fingerprint density at radius 2 is 1.75 bits per heavy atom. The van der Waals surface area contributed by atoms with E-state index >= 15 is 0 Å². The predicted molar refractivity (Wildman–Crippen MR) is 49.3 cm³/mol. The van der Waals surface area contributed by atoms with E-state index in [2.05, 4.69) is 5.32 Å². The van der Waals surface area contributed by atoms with Crippen LogP contribution in [0.2, 0.25) is 0 Å². The number of carbonyl (C=O) groups is 1. The van der Waals surface area contributed by atoms with Gasteiger partial charge in [0.2, 0.25) is 0 Å². The Hall–Kier alpha value is -0.610. The fourth-order valence-corrected chi connectivity index (χ4v) is 0.618. The van der Waals surface area contributed by atoms with Gasteiger partial charge in [0.15, 0.2) is 0 Å². The third-order valence-corrected chi connectivity index (χ3v) is 1.50. The van der Waals surface area contributed by atoms with E-state index in [1.165, 1.54) is 0 Å². The van der Waals surface area contributed by atoms with Gasteiger partial charge in [-0.15, -0.1) is 0 Å². The van der Waals surface area contributed by atoms with Crippen molar-refractivity contribution in [3.05, 3.63) is 0 Å². The maximum atomic E-state index is 11.4. The van der Waals surface area contributed by atoms with E-state index < -0.39 is 5.66 Å². The molecule has 0 rings (SSSR count). The van der Waals surface area contributed by atoms with Gasteiger partial charge in [0.25, 0.3) is 5.91 Å². The standard InChI is InChI=1S/C8H19N3O/c1-5-8(9,10)6(12)11-7(2,3)4/h5,9-10H2,1-4H3,(H,11,12). The molecule has 0 bridgehead atoms. The molecule has 0 spiro atoms. The van der Waals surface area contributed by atoms with Crippen molar-refractivity contribution < 1.29 is 4.79 Å². The van der Waals surface area contributed by atoms with Gasteiger partial charge in [-0.05, 0) is 27.2 Å². The minimum Gasteiger partial charge on any atom is -0.349 e. The predicted octanol–water partition coefficient (Wildman–Crippen LogP) is -0.0752. The fraction of sp³-hybridized carbons (Fsp3) is 0.875. The molecular formula is C8H19N3O.